The maximum atomic E-state index is 11.7. The highest BCUT2D eigenvalue weighted by Gasteiger charge is 2.28. The molecule has 7 heteroatoms. The molecule has 2 rings (SSSR count). The Morgan fingerprint density at radius 3 is 2.84 bits per heavy atom. The number of nitrogens with zero attached hydrogens (tertiary/aromatic N) is 1. The van der Waals surface area contributed by atoms with E-state index >= 15 is 0 Å². The van der Waals surface area contributed by atoms with E-state index in [2.05, 4.69) is 5.32 Å². The van der Waals surface area contributed by atoms with Crippen molar-refractivity contribution < 1.29 is 19.2 Å². The van der Waals surface area contributed by atoms with Gasteiger partial charge in [0.05, 0.1) is 18.0 Å². The van der Waals surface area contributed by atoms with E-state index in [4.69, 9.17) is 4.74 Å². The van der Waals surface area contributed by atoms with Crippen molar-refractivity contribution in [1.29, 1.82) is 0 Å². The highest BCUT2D eigenvalue weighted by Crippen LogP contribution is 2.18. The largest absolute Gasteiger partial charge is 0.464 e. The molecular weight excluding hydrogens is 252 g/mol. The summed E-state index contributed by atoms with van der Waals surface area (Å²) < 4.78 is 4.72. The van der Waals surface area contributed by atoms with Crippen LogP contribution in [0.15, 0.2) is 24.3 Å². The number of para-hydroxylation sites is 1. The van der Waals surface area contributed by atoms with Gasteiger partial charge in [0, 0.05) is 18.1 Å². The summed E-state index contributed by atoms with van der Waals surface area (Å²) in [4.78, 5) is 33.2. The maximum Gasteiger partial charge on any atom is 0.328 e. The van der Waals surface area contributed by atoms with E-state index in [0.717, 1.165) is 0 Å². The summed E-state index contributed by atoms with van der Waals surface area (Å²) in [6.45, 7) is 0.287. The van der Waals surface area contributed by atoms with Crippen molar-refractivity contribution in [1.82, 2.24) is 5.32 Å². The van der Waals surface area contributed by atoms with E-state index in [1.54, 1.807) is 6.07 Å². The first-order valence-corrected chi connectivity index (χ1v) is 5.76. The number of carbonyl (C=O) groups excluding carboxylic acids is 2. The van der Waals surface area contributed by atoms with E-state index in [1.165, 1.54) is 18.2 Å². The van der Waals surface area contributed by atoms with Gasteiger partial charge in [-0.1, -0.05) is 18.2 Å². The topological polar surface area (TPSA) is 98.5 Å². The third-order valence-electron chi connectivity index (χ3n) is 2.81. The van der Waals surface area contributed by atoms with E-state index in [1.807, 2.05) is 0 Å². The van der Waals surface area contributed by atoms with Crippen molar-refractivity contribution in [2.24, 2.45) is 0 Å². The molecule has 0 aromatic heterocycles. The average Bonchev–Trinajstić information content (AvgIpc) is 2.75. The molecule has 0 radical (unpaired) electrons. The van der Waals surface area contributed by atoms with E-state index < -0.39 is 22.8 Å². The van der Waals surface area contributed by atoms with Gasteiger partial charge in [-0.3, -0.25) is 14.9 Å². The van der Waals surface area contributed by atoms with Crippen LogP contribution in [-0.2, 0) is 20.7 Å². The van der Waals surface area contributed by atoms with Crippen LogP contribution in [0.1, 0.15) is 12.0 Å². The standard InChI is InChI=1S/C12H12N2O5/c15-11(13-9-5-6-19-12(9)16)7-8-3-1-2-4-10(8)14(17)18/h1-4,9H,5-7H2,(H,13,15)/t9-/m0/s1. The SMILES string of the molecule is O=C(Cc1ccccc1[N+](=O)[O-])N[C@H]1CCOC1=O. The Morgan fingerprint density at radius 2 is 2.21 bits per heavy atom. The van der Waals surface area contributed by atoms with Gasteiger partial charge in [0.1, 0.15) is 6.04 Å². The van der Waals surface area contributed by atoms with Gasteiger partial charge in [-0.2, -0.15) is 0 Å². The minimum absolute atomic E-state index is 0.105. The monoisotopic (exact) mass is 264 g/mol. The molecule has 1 saturated heterocycles. The molecule has 1 N–H and O–H groups in total. The maximum absolute atomic E-state index is 11.7. The van der Waals surface area contributed by atoms with Crippen LogP contribution in [0.5, 0.6) is 0 Å². The molecule has 0 spiro atoms. The number of nitro benzene ring substituents is 1. The molecular formula is C12H12N2O5. The Bertz CT molecular complexity index is 529. The van der Waals surface area contributed by atoms with Gasteiger partial charge < -0.3 is 10.1 Å². The Balaban J connectivity index is 2.03. The first kappa shape index (κ1) is 13.0. The van der Waals surface area contributed by atoms with E-state index in [0.29, 0.717) is 12.0 Å². The van der Waals surface area contributed by atoms with Gasteiger partial charge in [-0.05, 0) is 0 Å². The van der Waals surface area contributed by atoms with Gasteiger partial charge in [0.25, 0.3) is 5.69 Å². The molecule has 19 heavy (non-hydrogen) atoms. The molecule has 1 aromatic carbocycles. The second kappa shape index (κ2) is 5.47. The van der Waals surface area contributed by atoms with Gasteiger partial charge in [-0.15, -0.1) is 0 Å². The van der Waals surface area contributed by atoms with Gasteiger partial charge >= 0.3 is 5.97 Å². The van der Waals surface area contributed by atoms with Gasteiger partial charge in [0.15, 0.2) is 0 Å². The third kappa shape index (κ3) is 3.06. The van der Waals surface area contributed by atoms with Crippen LogP contribution in [0.2, 0.25) is 0 Å². The predicted octanol–water partition coefficient (Wildman–Crippen LogP) is 0.569. The van der Waals surface area contributed by atoms with Crippen LogP contribution in [0.4, 0.5) is 5.69 Å². The fourth-order valence-corrected chi connectivity index (χ4v) is 1.88. The van der Waals surface area contributed by atoms with Crippen LogP contribution < -0.4 is 5.32 Å². The number of carbonyl (C=O) groups is 2. The van der Waals surface area contributed by atoms with Crippen molar-refractivity contribution >= 4 is 17.6 Å². The molecule has 1 heterocycles. The Labute approximate surface area is 108 Å². The molecule has 0 saturated carbocycles. The minimum Gasteiger partial charge on any atom is -0.464 e. The van der Waals surface area contributed by atoms with Crippen LogP contribution in [-0.4, -0.2) is 29.4 Å². The lowest BCUT2D eigenvalue weighted by molar-refractivity contribution is -0.385. The quantitative estimate of drug-likeness (QED) is 0.487. The fourth-order valence-electron chi connectivity index (χ4n) is 1.88. The second-order valence-corrected chi connectivity index (χ2v) is 4.14. The molecule has 100 valence electrons. The summed E-state index contributed by atoms with van der Waals surface area (Å²) >= 11 is 0. The third-order valence-corrected chi connectivity index (χ3v) is 2.81. The Morgan fingerprint density at radius 1 is 1.47 bits per heavy atom. The summed E-state index contributed by atoms with van der Waals surface area (Å²) in [5.74, 6) is -0.894. The molecule has 7 nitrogen and oxygen atoms in total. The number of hydrogen-bond acceptors (Lipinski definition) is 5. The molecule has 1 atom stereocenters. The zero-order chi connectivity index (χ0) is 13.8. The van der Waals surface area contributed by atoms with Gasteiger partial charge in [-0.25, -0.2) is 4.79 Å². The first-order chi connectivity index (χ1) is 9.08. The van der Waals surface area contributed by atoms with Crippen LogP contribution in [0.3, 0.4) is 0 Å². The Kier molecular flexibility index (Phi) is 3.74. The number of ether oxygens (including phenoxy) is 1. The molecule has 1 aromatic rings. The second-order valence-electron chi connectivity index (χ2n) is 4.14. The number of esters is 1. The summed E-state index contributed by atoms with van der Waals surface area (Å²) in [5, 5.41) is 13.3. The molecule has 0 aliphatic carbocycles. The van der Waals surface area contributed by atoms with E-state index in [9.17, 15) is 19.7 Å². The lowest BCUT2D eigenvalue weighted by atomic mass is 10.1. The molecule has 1 aliphatic rings. The van der Waals surface area contributed by atoms with Crippen molar-refractivity contribution in [3.8, 4) is 0 Å². The molecule has 1 amide bonds. The summed E-state index contributed by atoms with van der Waals surface area (Å²) in [6.07, 6.45) is 0.294. The number of benzene rings is 1. The highest BCUT2D eigenvalue weighted by molar-refractivity contribution is 5.86. The van der Waals surface area contributed by atoms with Crippen molar-refractivity contribution in [3.05, 3.63) is 39.9 Å². The summed E-state index contributed by atoms with van der Waals surface area (Å²) in [6, 6.07) is 5.38. The van der Waals surface area contributed by atoms with Crippen molar-refractivity contribution in [3.63, 3.8) is 0 Å². The summed E-state index contributed by atoms with van der Waals surface area (Å²) in [7, 11) is 0. The number of nitro groups is 1. The zero-order valence-corrected chi connectivity index (χ0v) is 10.00. The van der Waals surface area contributed by atoms with Crippen LogP contribution in [0.25, 0.3) is 0 Å². The normalized spacial score (nSPS) is 17.9. The molecule has 1 aliphatic heterocycles. The first-order valence-electron chi connectivity index (χ1n) is 5.76. The number of cyclic esters (lactones) is 1. The zero-order valence-electron chi connectivity index (χ0n) is 10.00. The number of amides is 1. The van der Waals surface area contributed by atoms with Crippen LogP contribution in [0, 0.1) is 10.1 Å². The number of hydrogen-bond donors (Lipinski definition) is 1. The highest BCUT2D eigenvalue weighted by atomic mass is 16.6. The van der Waals surface area contributed by atoms with Crippen molar-refractivity contribution in [2.75, 3.05) is 6.61 Å². The molecule has 1 fully saturated rings. The molecule has 0 bridgehead atoms. The van der Waals surface area contributed by atoms with E-state index in [-0.39, 0.29) is 18.7 Å². The lowest BCUT2D eigenvalue weighted by Gasteiger charge is -2.08. The fraction of sp³-hybridized carbons (Fsp3) is 0.333. The Hall–Kier alpha value is -2.44. The van der Waals surface area contributed by atoms with Gasteiger partial charge in [0.2, 0.25) is 5.91 Å². The number of nitrogens with one attached hydrogen (secondary N) is 1. The summed E-state index contributed by atoms with van der Waals surface area (Å²) in [5.41, 5.74) is 0.211. The van der Waals surface area contributed by atoms with Crippen LogP contribution >= 0.6 is 0 Å². The minimum atomic E-state index is -0.643. The number of rotatable bonds is 4. The van der Waals surface area contributed by atoms with Crippen molar-refractivity contribution in [2.45, 2.75) is 18.9 Å². The predicted molar refractivity (Wildman–Crippen MR) is 64.3 cm³/mol. The smallest absolute Gasteiger partial charge is 0.328 e. The molecule has 0 unspecified atom stereocenters. The average molecular weight is 264 g/mol. The lowest BCUT2D eigenvalue weighted by Crippen LogP contribution is -2.38.